The first-order chi connectivity index (χ1) is 15.2. The molecule has 0 saturated carbocycles. The lowest BCUT2D eigenvalue weighted by atomic mass is 9.96. The third-order valence-electron chi connectivity index (χ3n) is 5.77. The second-order valence-corrected chi connectivity index (χ2v) is 9.64. The number of anilines is 1. The van der Waals surface area contributed by atoms with E-state index in [-0.39, 0.29) is 35.6 Å². The summed E-state index contributed by atoms with van der Waals surface area (Å²) >= 11 is 0. The molecule has 32 heavy (non-hydrogen) atoms. The van der Waals surface area contributed by atoms with Gasteiger partial charge in [-0.1, -0.05) is 12.1 Å². The first-order valence-electron chi connectivity index (χ1n) is 10.3. The molecule has 1 saturated heterocycles. The third-order valence-corrected chi connectivity index (χ3v) is 7.66. The molecule has 1 aliphatic rings. The van der Waals surface area contributed by atoms with Crippen LogP contribution in [0.4, 0.5) is 5.69 Å². The van der Waals surface area contributed by atoms with Crippen molar-refractivity contribution in [2.75, 3.05) is 39.3 Å². The van der Waals surface area contributed by atoms with Gasteiger partial charge in [-0.05, 0) is 44.0 Å². The van der Waals surface area contributed by atoms with E-state index in [4.69, 9.17) is 9.47 Å². The second-order valence-electron chi connectivity index (χ2n) is 7.70. The van der Waals surface area contributed by atoms with Crippen molar-refractivity contribution in [3.05, 3.63) is 48.0 Å². The predicted molar refractivity (Wildman–Crippen MR) is 121 cm³/mol. The fourth-order valence-corrected chi connectivity index (χ4v) is 5.32. The van der Waals surface area contributed by atoms with Crippen LogP contribution in [0.2, 0.25) is 0 Å². The molecular formula is C23H28N2O6S. The molecular weight excluding hydrogens is 432 g/mol. The molecule has 1 heterocycles. The summed E-state index contributed by atoms with van der Waals surface area (Å²) in [6, 6.07) is 11.3. The highest BCUT2D eigenvalue weighted by atomic mass is 32.2. The number of carbonyl (C=O) groups is 2. The lowest BCUT2D eigenvalue weighted by Crippen LogP contribution is -2.43. The van der Waals surface area contributed by atoms with E-state index in [0.29, 0.717) is 35.6 Å². The zero-order valence-electron chi connectivity index (χ0n) is 18.7. The number of ether oxygens (including phenoxy) is 2. The lowest BCUT2D eigenvalue weighted by molar-refractivity contribution is -0.123. The van der Waals surface area contributed by atoms with Crippen LogP contribution in [-0.4, -0.2) is 58.8 Å². The Balaban J connectivity index is 1.69. The van der Waals surface area contributed by atoms with E-state index < -0.39 is 10.0 Å². The fraction of sp³-hybridized carbons (Fsp3) is 0.391. The summed E-state index contributed by atoms with van der Waals surface area (Å²) in [6.45, 7) is 1.88. The summed E-state index contributed by atoms with van der Waals surface area (Å²) in [5, 5.41) is 0. The molecule has 1 fully saturated rings. The Morgan fingerprint density at radius 3 is 2.25 bits per heavy atom. The van der Waals surface area contributed by atoms with Crippen molar-refractivity contribution in [3.63, 3.8) is 0 Å². The van der Waals surface area contributed by atoms with E-state index in [1.165, 1.54) is 30.5 Å². The molecule has 0 radical (unpaired) electrons. The number of amides is 1. The molecule has 3 rings (SSSR count). The smallest absolute Gasteiger partial charge is 0.243 e. The molecule has 2 aromatic rings. The molecule has 2 aromatic carbocycles. The van der Waals surface area contributed by atoms with Gasteiger partial charge in [-0.3, -0.25) is 9.59 Å². The molecule has 0 atom stereocenters. The zero-order valence-corrected chi connectivity index (χ0v) is 19.5. The fourth-order valence-electron chi connectivity index (χ4n) is 3.80. The normalized spacial score (nSPS) is 15.2. The maximum atomic E-state index is 13.0. The van der Waals surface area contributed by atoms with E-state index in [9.17, 15) is 18.0 Å². The van der Waals surface area contributed by atoms with Gasteiger partial charge in [0.2, 0.25) is 15.9 Å². The number of piperidine rings is 1. The van der Waals surface area contributed by atoms with Gasteiger partial charge < -0.3 is 14.4 Å². The Morgan fingerprint density at radius 2 is 1.66 bits per heavy atom. The summed E-state index contributed by atoms with van der Waals surface area (Å²) < 4.78 is 38.0. The van der Waals surface area contributed by atoms with Crippen molar-refractivity contribution in [2.45, 2.75) is 24.7 Å². The molecule has 1 amide bonds. The number of Topliss-reactive ketones (excluding diaryl/α,β-unsaturated/α-hetero) is 1. The molecule has 1 aliphatic heterocycles. The van der Waals surface area contributed by atoms with Crippen molar-refractivity contribution in [1.29, 1.82) is 0 Å². The van der Waals surface area contributed by atoms with Gasteiger partial charge in [-0.25, -0.2) is 8.42 Å². The van der Waals surface area contributed by atoms with Crippen LogP contribution in [0.25, 0.3) is 0 Å². The number of ketones is 1. The first-order valence-corrected chi connectivity index (χ1v) is 11.7. The number of benzene rings is 2. The van der Waals surface area contributed by atoms with E-state index in [2.05, 4.69) is 0 Å². The Morgan fingerprint density at radius 1 is 1.00 bits per heavy atom. The second kappa shape index (κ2) is 9.70. The zero-order chi connectivity index (χ0) is 23.5. The lowest BCUT2D eigenvalue weighted by Gasteiger charge is -2.32. The van der Waals surface area contributed by atoms with Gasteiger partial charge in [0.15, 0.2) is 17.3 Å². The average Bonchev–Trinajstić information content (AvgIpc) is 2.82. The number of methoxy groups -OCH3 is 2. The number of hydrogen-bond donors (Lipinski definition) is 0. The summed E-state index contributed by atoms with van der Waals surface area (Å²) in [6.07, 6.45) is 0.837. The van der Waals surface area contributed by atoms with Crippen LogP contribution in [0.15, 0.2) is 47.4 Å². The van der Waals surface area contributed by atoms with Crippen molar-refractivity contribution >= 4 is 27.4 Å². The molecule has 0 aliphatic carbocycles. The Kier molecular flexibility index (Phi) is 7.20. The minimum Gasteiger partial charge on any atom is -0.493 e. The topological polar surface area (TPSA) is 93.2 Å². The van der Waals surface area contributed by atoms with Crippen molar-refractivity contribution in [2.24, 2.45) is 5.92 Å². The molecule has 0 aromatic heterocycles. The van der Waals surface area contributed by atoms with Gasteiger partial charge in [-0.2, -0.15) is 4.31 Å². The van der Waals surface area contributed by atoms with Crippen LogP contribution >= 0.6 is 0 Å². The Hall–Kier alpha value is -2.91. The molecule has 9 heteroatoms. The van der Waals surface area contributed by atoms with Crippen LogP contribution in [0.1, 0.15) is 30.1 Å². The predicted octanol–water partition coefficient (Wildman–Crippen LogP) is 2.97. The van der Waals surface area contributed by atoms with Gasteiger partial charge in [0.25, 0.3) is 0 Å². The SMILES string of the molecule is COc1ccc(N(C)C(=O)C2CCN(S(=O)(=O)c3cccc(C(C)=O)c3)CC2)cc1OC. The highest BCUT2D eigenvalue weighted by Crippen LogP contribution is 2.33. The minimum atomic E-state index is -3.73. The first kappa shape index (κ1) is 23.7. The highest BCUT2D eigenvalue weighted by molar-refractivity contribution is 7.89. The standard InChI is InChI=1S/C23H28N2O6S/c1-16(26)18-6-5-7-20(14-18)32(28,29)25-12-10-17(11-13-25)23(27)24(2)19-8-9-21(30-3)22(15-19)31-4/h5-9,14-15,17H,10-13H2,1-4H3. The molecule has 0 unspecified atom stereocenters. The van der Waals surface area contributed by atoms with Crippen molar-refractivity contribution in [1.82, 2.24) is 4.31 Å². The highest BCUT2D eigenvalue weighted by Gasteiger charge is 2.33. The number of rotatable bonds is 7. The number of carbonyl (C=O) groups excluding carboxylic acids is 2. The average molecular weight is 461 g/mol. The molecule has 8 nitrogen and oxygen atoms in total. The summed E-state index contributed by atoms with van der Waals surface area (Å²) in [5.74, 6) is 0.545. The van der Waals surface area contributed by atoms with Gasteiger partial charge in [0.1, 0.15) is 0 Å². The van der Waals surface area contributed by atoms with E-state index in [1.807, 2.05) is 0 Å². The molecule has 172 valence electrons. The van der Waals surface area contributed by atoms with E-state index in [0.717, 1.165) is 0 Å². The van der Waals surface area contributed by atoms with Crippen LogP contribution in [0.5, 0.6) is 11.5 Å². The van der Waals surface area contributed by atoms with Gasteiger partial charge in [0.05, 0.1) is 19.1 Å². The van der Waals surface area contributed by atoms with E-state index in [1.54, 1.807) is 49.4 Å². The summed E-state index contributed by atoms with van der Waals surface area (Å²) in [7, 11) is 1.04. The summed E-state index contributed by atoms with van der Waals surface area (Å²) in [5.41, 5.74) is 1.02. The van der Waals surface area contributed by atoms with Gasteiger partial charge >= 0.3 is 0 Å². The largest absolute Gasteiger partial charge is 0.493 e. The maximum Gasteiger partial charge on any atom is 0.243 e. The summed E-state index contributed by atoms with van der Waals surface area (Å²) in [4.78, 5) is 26.3. The third kappa shape index (κ3) is 4.78. The van der Waals surface area contributed by atoms with Crippen molar-refractivity contribution < 1.29 is 27.5 Å². The molecule has 0 N–H and O–H groups in total. The van der Waals surface area contributed by atoms with Crippen LogP contribution < -0.4 is 14.4 Å². The molecule has 0 bridgehead atoms. The quantitative estimate of drug-likeness (QED) is 0.590. The monoisotopic (exact) mass is 460 g/mol. The van der Waals surface area contributed by atoms with Gasteiger partial charge in [0, 0.05) is 43.4 Å². The number of sulfonamides is 1. The van der Waals surface area contributed by atoms with Crippen LogP contribution in [0, 0.1) is 5.92 Å². The van der Waals surface area contributed by atoms with Gasteiger partial charge in [-0.15, -0.1) is 0 Å². The van der Waals surface area contributed by atoms with Crippen LogP contribution in [0.3, 0.4) is 0 Å². The van der Waals surface area contributed by atoms with Crippen molar-refractivity contribution in [3.8, 4) is 11.5 Å². The van der Waals surface area contributed by atoms with Crippen LogP contribution in [-0.2, 0) is 14.8 Å². The minimum absolute atomic E-state index is 0.0761. The number of nitrogens with zero attached hydrogens (tertiary/aromatic N) is 2. The Bertz CT molecular complexity index is 1110. The molecule has 0 spiro atoms. The maximum absolute atomic E-state index is 13.0. The number of hydrogen-bond acceptors (Lipinski definition) is 6. The van der Waals surface area contributed by atoms with E-state index >= 15 is 0 Å². The Labute approximate surface area is 188 Å².